The average molecular weight is 495 g/mol. The highest BCUT2D eigenvalue weighted by Gasteiger charge is 2.46. The molecule has 0 amide bonds. The summed E-state index contributed by atoms with van der Waals surface area (Å²) in [7, 11) is 0. The van der Waals surface area contributed by atoms with Crippen LogP contribution in [-0.4, -0.2) is 18.1 Å². The molecule has 38 heavy (non-hydrogen) atoms. The molecule has 0 bridgehead atoms. The van der Waals surface area contributed by atoms with Crippen molar-refractivity contribution in [2.24, 2.45) is 17.8 Å². The molecule has 0 radical (unpaired) electrons. The van der Waals surface area contributed by atoms with E-state index in [-0.39, 0.29) is 0 Å². The topological polar surface area (TPSA) is 6.48 Å². The van der Waals surface area contributed by atoms with Gasteiger partial charge in [-0.15, -0.1) is 0 Å². The van der Waals surface area contributed by atoms with Crippen LogP contribution in [0.5, 0.6) is 0 Å². The molecule has 2 heterocycles. The van der Waals surface area contributed by atoms with Crippen molar-refractivity contribution in [3.8, 4) is 11.1 Å². The maximum Gasteiger partial charge on any atom is 0.0626 e. The summed E-state index contributed by atoms with van der Waals surface area (Å²) >= 11 is 0. The van der Waals surface area contributed by atoms with Gasteiger partial charge in [-0.25, -0.2) is 0 Å². The van der Waals surface area contributed by atoms with Crippen molar-refractivity contribution in [2.75, 3.05) is 9.80 Å². The van der Waals surface area contributed by atoms with Crippen molar-refractivity contribution >= 4 is 11.4 Å². The van der Waals surface area contributed by atoms with Gasteiger partial charge in [0.15, 0.2) is 0 Å². The van der Waals surface area contributed by atoms with Crippen LogP contribution in [0.3, 0.4) is 0 Å². The Morgan fingerprint density at radius 2 is 1.32 bits per heavy atom. The maximum atomic E-state index is 2.66. The van der Waals surface area contributed by atoms with Crippen molar-refractivity contribution in [3.05, 3.63) is 133 Å². The van der Waals surface area contributed by atoms with E-state index in [4.69, 9.17) is 0 Å². The minimum atomic E-state index is 0.392. The highest BCUT2D eigenvalue weighted by atomic mass is 15.2. The second kappa shape index (κ2) is 8.91. The summed E-state index contributed by atoms with van der Waals surface area (Å²) in [4.78, 5) is 5.21. The second-order valence-corrected chi connectivity index (χ2v) is 11.5. The molecule has 0 N–H and O–H groups in total. The van der Waals surface area contributed by atoms with E-state index in [1.807, 2.05) is 0 Å². The van der Waals surface area contributed by atoms with Crippen molar-refractivity contribution < 1.29 is 0 Å². The Morgan fingerprint density at radius 3 is 2.13 bits per heavy atom. The molecular formula is C36H34N2. The molecule has 1 saturated heterocycles. The highest BCUT2D eigenvalue weighted by Crippen LogP contribution is 2.47. The lowest BCUT2D eigenvalue weighted by molar-refractivity contribution is 0.400. The van der Waals surface area contributed by atoms with Gasteiger partial charge in [0, 0.05) is 28.9 Å². The van der Waals surface area contributed by atoms with Gasteiger partial charge in [-0.2, -0.15) is 0 Å². The molecule has 188 valence electrons. The van der Waals surface area contributed by atoms with Gasteiger partial charge >= 0.3 is 0 Å². The number of allylic oxidation sites excluding steroid dienone is 7. The molecule has 2 aliphatic heterocycles. The zero-order valence-electron chi connectivity index (χ0n) is 21.7. The Labute approximate surface area is 226 Å². The fourth-order valence-corrected chi connectivity index (χ4v) is 7.90. The second-order valence-electron chi connectivity index (χ2n) is 11.5. The minimum Gasteiger partial charge on any atom is -0.358 e. The molecule has 8 rings (SSSR count). The molecule has 2 heteroatoms. The van der Waals surface area contributed by atoms with E-state index in [1.165, 1.54) is 47.5 Å². The Morgan fingerprint density at radius 1 is 0.605 bits per heavy atom. The van der Waals surface area contributed by atoms with Crippen LogP contribution in [-0.2, 0) is 0 Å². The van der Waals surface area contributed by atoms with Gasteiger partial charge in [0.1, 0.15) is 0 Å². The molecule has 0 aromatic heterocycles. The van der Waals surface area contributed by atoms with Crippen LogP contribution in [0.25, 0.3) is 11.1 Å². The number of anilines is 2. The molecule has 0 spiro atoms. The normalized spacial score (nSPS) is 32.0. The van der Waals surface area contributed by atoms with Gasteiger partial charge < -0.3 is 9.80 Å². The summed E-state index contributed by atoms with van der Waals surface area (Å²) in [6.45, 7) is 0. The molecule has 2 aromatic rings. The smallest absolute Gasteiger partial charge is 0.0626 e. The quantitative estimate of drug-likeness (QED) is 0.397. The van der Waals surface area contributed by atoms with Crippen molar-refractivity contribution in [1.29, 1.82) is 0 Å². The summed E-state index contributed by atoms with van der Waals surface area (Å²) in [5.74, 6) is 1.84. The van der Waals surface area contributed by atoms with Crippen molar-refractivity contribution in [3.63, 3.8) is 0 Å². The van der Waals surface area contributed by atoms with Gasteiger partial charge in [0.05, 0.1) is 18.1 Å². The van der Waals surface area contributed by atoms with Crippen molar-refractivity contribution in [2.45, 2.75) is 43.8 Å². The van der Waals surface area contributed by atoms with Crippen LogP contribution in [0.2, 0.25) is 0 Å². The van der Waals surface area contributed by atoms with E-state index in [0.717, 1.165) is 6.42 Å². The molecule has 6 unspecified atom stereocenters. The Hall–Kier alpha value is -3.78. The fourth-order valence-electron chi connectivity index (χ4n) is 7.90. The van der Waals surface area contributed by atoms with E-state index in [0.29, 0.717) is 35.9 Å². The SMILES string of the molecule is C1=CC2C3=C(C=CCC3)N(c3ccc(-c4ccc(N5C6C=CC=CC6C6CCC=CC65)cc4)cc3)C2C=C1. The third-order valence-corrected chi connectivity index (χ3v) is 9.62. The minimum absolute atomic E-state index is 0.392. The van der Waals surface area contributed by atoms with Gasteiger partial charge in [0.25, 0.3) is 0 Å². The molecule has 2 aromatic carbocycles. The molecule has 0 saturated carbocycles. The third kappa shape index (κ3) is 3.39. The molecule has 6 atom stereocenters. The third-order valence-electron chi connectivity index (χ3n) is 9.62. The fraction of sp³-hybridized carbons (Fsp3) is 0.278. The van der Waals surface area contributed by atoms with Crippen LogP contribution in [0.1, 0.15) is 25.7 Å². The first-order chi connectivity index (χ1) is 18.9. The van der Waals surface area contributed by atoms with Crippen LogP contribution in [0, 0.1) is 17.8 Å². The van der Waals surface area contributed by atoms with E-state index < -0.39 is 0 Å². The van der Waals surface area contributed by atoms with E-state index in [1.54, 1.807) is 5.57 Å². The predicted octanol–water partition coefficient (Wildman–Crippen LogP) is 8.15. The van der Waals surface area contributed by atoms with Gasteiger partial charge in [-0.3, -0.25) is 0 Å². The standard InChI is InChI=1S/C36H34N2/c1-5-13-33-29(9-1)30-10-2-6-14-34(30)37(33)27-21-17-25(18-22-27)26-19-23-28(24-20-26)38-35-15-7-3-11-31(35)32-12-4-8-16-36(32)38/h1,3,5-9,11,13-24,29-31,33-35H,2,4,10,12H2. The Kier molecular flexibility index (Phi) is 5.21. The zero-order chi connectivity index (χ0) is 25.1. The van der Waals surface area contributed by atoms with Crippen LogP contribution in [0.15, 0.2) is 133 Å². The number of benzene rings is 2. The summed E-state index contributed by atoms with van der Waals surface area (Å²) in [5.41, 5.74) is 8.18. The van der Waals surface area contributed by atoms with Crippen LogP contribution < -0.4 is 9.80 Å². The monoisotopic (exact) mass is 494 g/mol. The summed E-state index contributed by atoms with van der Waals surface area (Å²) in [6, 6.07) is 19.9. The molecule has 2 nitrogen and oxygen atoms in total. The Bertz CT molecular complexity index is 1450. The van der Waals surface area contributed by atoms with Crippen molar-refractivity contribution in [1.82, 2.24) is 0 Å². The molecular weight excluding hydrogens is 460 g/mol. The van der Waals surface area contributed by atoms with E-state index >= 15 is 0 Å². The largest absolute Gasteiger partial charge is 0.358 e. The lowest BCUT2D eigenvalue weighted by Gasteiger charge is -2.32. The molecule has 6 aliphatic rings. The first kappa shape index (κ1) is 22.2. The average Bonchev–Trinajstić information content (AvgIpc) is 3.51. The van der Waals surface area contributed by atoms with Gasteiger partial charge in [-0.05, 0) is 78.6 Å². The van der Waals surface area contributed by atoms with Crippen LogP contribution >= 0.6 is 0 Å². The first-order valence-electron chi connectivity index (χ1n) is 14.4. The molecule has 1 fully saturated rings. The van der Waals surface area contributed by atoms with Gasteiger partial charge in [-0.1, -0.05) is 91.1 Å². The number of hydrogen-bond acceptors (Lipinski definition) is 2. The highest BCUT2D eigenvalue weighted by molar-refractivity contribution is 5.72. The summed E-state index contributed by atoms with van der Waals surface area (Å²) in [6.07, 6.45) is 32.9. The number of rotatable bonds is 3. The molecule has 4 aliphatic carbocycles. The zero-order valence-corrected chi connectivity index (χ0v) is 21.7. The van der Waals surface area contributed by atoms with E-state index in [9.17, 15) is 0 Å². The maximum absolute atomic E-state index is 2.66. The lowest BCUT2D eigenvalue weighted by Crippen LogP contribution is -2.37. The van der Waals surface area contributed by atoms with Crippen LogP contribution in [0.4, 0.5) is 11.4 Å². The summed E-state index contributed by atoms with van der Waals surface area (Å²) in [5, 5.41) is 0. The predicted molar refractivity (Wildman–Crippen MR) is 159 cm³/mol. The van der Waals surface area contributed by atoms with Gasteiger partial charge in [0.2, 0.25) is 0 Å². The summed E-state index contributed by atoms with van der Waals surface area (Å²) < 4.78 is 0. The lowest BCUT2D eigenvalue weighted by atomic mass is 9.80. The van der Waals surface area contributed by atoms with E-state index in [2.05, 4.69) is 131 Å². The first-order valence-corrected chi connectivity index (χ1v) is 14.4. The Balaban J connectivity index is 1.07. The number of fused-ring (bicyclic) bond motifs is 5. The number of nitrogens with zero attached hydrogens (tertiary/aromatic N) is 2. The number of hydrogen-bond donors (Lipinski definition) is 0.